The van der Waals surface area contributed by atoms with Crippen molar-refractivity contribution in [1.82, 2.24) is 35.5 Å². The molecule has 1 aromatic carbocycles. The van der Waals surface area contributed by atoms with Crippen molar-refractivity contribution < 1.29 is 32.4 Å². The number of carbonyl (C=O) groups is 5. The number of nitrogens with one attached hydrogen (secondary N) is 4. The van der Waals surface area contributed by atoms with Crippen molar-refractivity contribution in [3.8, 4) is 12.3 Å². The molecule has 1 saturated heterocycles. The first-order valence-corrected chi connectivity index (χ1v) is 21.0. The predicted molar refractivity (Wildman–Crippen MR) is 215 cm³/mol. The van der Waals surface area contributed by atoms with Gasteiger partial charge in [-0.2, -0.15) is 4.31 Å². The second-order valence-corrected chi connectivity index (χ2v) is 18.4. The number of nitrogens with zero attached hydrogens (tertiary/aromatic N) is 3. The number of carbonyl (C=O) groups excluding carboxylic acids is 5. The quantitative estimate of drug-likeness (QED) is 0.113. The number of likely N-dealkylation sites (tertiary alicyclic amines) is 1. The predicted octanol–water partition coefficient (Wildman–Crippen LogP) is 2.60. The molecule has 2 heterocycles. The molecule has 6 atom stereocenters. The van der Waals surface area contributed by atoms with Crippen molar-refractivity contribution in [1.29, 1.82) is 0 Å². The highest BCUT2D eigenvalue weighted by molar-refractivity contribution is 7.89. The lowest BCUT2D eigenvalue weighted by atomic mass is 9.86. The van der Waals surface area contributed by atoms with Crippen LogP contribution >= 0.6 is 0 Å². The van der Waals surface area contributed by atoms with Crippen molar-refractivity contribution in [3.63, 3.8) is 0 Å². The number of ketones is 1. The SMILES string of the molecule is C#CCCC(NC(=O)[C@@H]1[C@H]2CCC[C@H]2CN1C(=O)[C@@H](NC(=O)N[C@H](CN(C)S(=O)(=O)c1ccccn1)C(C)(C)C)C1Cc2ccccc2C1)C(=O)C(=O)NCC=C. The molecule has 15 heteroatoms. The van der Waals surface area contributed by atoms with Gasteiger partial charge < -0.3 is 26.2 Å². The Hall–Kier alpha value is -5.07. The Labute approximate surface area is 336 Å². The standard InChI is InChI=1S/C42H55N7O7S/c1-7-9-19-32(37(50)39(52)44-21-8-2)45-38(51)36-31-18-14-17-29(31)25-49(36)40(53)35(30-23-27-15-10-11-16-28(27)24-30)47-41(54)46-33(42(3,4)5)26-48(6)57(55,56)34-20-12-13-22-43-34/h1,8,10-13,15-16,20,22,29-33,35-36H,2,9,14,17-19,21,23-26H2,3-6H3,(H,44,52)(H,45,51)(H2,46,47,54)/t29-,31-,32?,33+,35-,36-/m0/s1. The lowest BCUT2D eigenvalue weighted by Crippen LogP contribution is -2.61. The smallest absolute Gasteiger partial charge is 0.315 e. The Morgan fingerprint density at radius 1 is 1.04 bits per heavy atom. The van der Waals surface area contributed by atoms with E-state index in [9.17, 15) is 32.4 Å². The van der Waals surface area contributed by atoms with E-state index in [0.29, 0.717) is 25.8 Å². The van der Waals surface area contributed by atoms with Crippen LogP contribution in [0, 0.1) is 35.5 Å². The van der Waals surface area contributed by atoms with Crippen molar-refractivity contribution >= 4 is 39.6 Å². The number of terminal acetylenes is 1. The fourth-order valence-corrected chi connectivity index (χ4v) is 9.42. The topological polar surface area (TPSA) is 187 Å². The van der Waals surface area contributed by atoms with Gasteiger partial charge in [-0.1, -0.05) is 63.6 Å². The first-order chi connectivity index (χ1) is 27.1. The van der Waals surface area contributed by atoms with Crippen LogP contribution in [0.5, 0.6) is 0 Å². The number of hydrogen-bond donors (Lipinski definition) is 4. The third-order valence-electron chi connectivity index (χ3n) is 11.5. The number of benzene rings is 1. The maximum absolute atomic E-state index is 15.0. The number of likely N-dealkylation sites (N-methyl/N-ethyl adjacent to an activating group) is 1. The number of pyridine rings is 1. The van der Waals surface area contributed by atoms with E-state index in [4.69, 9.17) is 6.42 Å². The second-order valence-electron chi connectivity index (χ2n) is 16.4. The molecule has 1 aliphatic heterocycles. The number of fused-ring (bicyclic) bond motifs is 2. The number of hydrogen-bond acceptors (Lipinski definition) is 8. The summed E-state index contributed by atoms with van der Waals surface area (Å²) in [4.78, 5) is 74.8. The monoisotopic (exact) mass is 801 g/mol. The number of amides is 5. The van der Waals surface area contributed by atoms with Gasteiger partial charge in [0.15, 0.2) is 5.03 Å². The summed E-state index contributed by atoms with van der Waals surface area (Å²) >= 11 is 0. The van der Waals surface area contributed by atoms with Crippen LogP contribution in [0.4, 0.5) is 4.79 Å². The van der Waals surface area contributed by atoms with Gasteiger partial charge in [-0.15, -0.1) is 18.9 Å². The highest BCUT2D eigenvalue weighted by atomic mass is 32.2. The highest BCUT2D eigenvalue weighted by Crippen LogP contribution is 2.43. The average molecular weight is 802 g/mol. The molecule has 1 saturated carbocycles. The molecule has 0 radical (unpaired) electrons. The van der Waals surface area contributed by atoms with Gasteiger partial charge in [-0.25, -0.2) is 18.2 Å². The third-order valence-corrected chi connectivity index (χ3v) is 13.2. The summed E-state index contributed by atoms with van der Waals surface area (Å²) in [5.74, 6) is -0.703. The van der Waals surface area contributed by atoms with E-state index in [1.165, 1.54) is 25.4 Å². The molecule has 2 aromatic rings. The summed E-state index contributed by atoms with van der Waals surface area (Å²) in [6.45, 7) is 9.49. The van der Waals surface area contributed by atoms with Gasteiger partial charge in [0.1, 0.15) is 12.1 Å². The molecule has 306 valence electrons. The van der Waals surface area contributed by atoms with Crippen molar-refractivity contribution in [2.45, 2.75) is 94.9 Å². The van der Waals surface area contributed by atoms with Crippen LogP contribution in [0.15, 0.2) is 66.3 Å². The minimum absolute atomic E-state index is 0.0370. The van der Waals surface area contributed by atoms with E-state index in [-0.39, 0.29) is 48.7 Å². The van der Waals surface area contributed by atoms with Gasteiger partial charge in [0, 0.05) is 45.3 Å². The Morgan fingerprint density at radius 2 is 1.72 bits per heavy atom. The zero-order valence-corrected chi connectivity index (χ0v) is 34.0. The maximum Gasteiger partial charge on any atom is 0.315 e. The summed E-state index contributed by atoms with van der Waals surface area (Å²) in [5, 5.41) is 11.1. The summed E-state index contributed by atoms with van der Waals surface area (Å²) in [5.41, 5.74) is 1.52. The largest absolute Gasteiger partial charge is 0.346 e. The molecule has 5 amide bonds. The summed E-state index contributed by atoms with van der Waals surface area (Å²) in [6, 6.07) is 7.94. The van der Waals surface area contributed by atoms with Gasteiger partial charge in [-0.3, -0.25) is 19.2 Å². The van der Waals surface area contributed by atoms with Crippen LogP contribution in [-0.2, 0) is 42.0 Å². The van der Waals surface area contributed by atoms with Crippen LogP contribution in [0.2, 0.25) is 0 Å². The Balaban J connectivity index is 1.40. The van der Waals surface area contributed by atoms with Gasteiger partial charge in [0.25, 0.3) is 15.9 Å². The molecule has 1 aromatic heterocycles. The number of sulfonamides is 1. The molecule has 57 heavy (non-hydrogen) atoms. The van der Waals surface area contributed by atoms with E-state index in [1.54, 1.807) is 17.0 Å². The molecule has 1 unspecified atom stereocenters. The van der Waals surface area contributed by atoms with Gasteiger partial charge in [0.05, 0.1) is 6.04 Å². The lowest BCUT2D eigenvalue weighted by Gasteiger charge is -2.36. The van der Waals surface area contributed by atoms with Crippen LogP contribution < -0.4 is 21.3 Å². The lowest BCUT2D eigenvalue weighted by molar-refractivity contribution is -0.144. The number of Topliss-reactive ketones (excluding diaryl/α,β-unsaturated/α-hetero) is 1. The molecular weight excluding hydrogens is 747 g/mol. The fraction of sp³-hybridized carbons (Fsp3) is 0.524. The van der Waals surface area contributed by atoms with Gasteiger partial charge >= 0.3 is 6.03 Å². The minimum Gasteiger partial charge on any atom is -0.346 e. The third kappa shape index (κ3) is 10.1. The van der Waals surface area contributed by atoms with Crippen molar-refractivity contribution in [3.05, 3.63) is 72.4 Å². The summed E-state index contributed by atoms with van der Waals surface area (Å²) in [6.07, 6.45) is 11.9. The molecule has 14 nitrogen and oxygen atoms in total. The van der Waals surface area contributed by atoms with Crippen molar-refractivity contribution in [2.24, 2.45) is 23.2 Å². The molecule has 0 spiro atoms. The number of aromatic nitrogens is 1. The van der Waals surface area contributed by atoms with Crippen molar-refractivity contribution in [2.75, 3.05) is 26.7 Å². The van der Waals surface area contributed by atoms with Crippen LogP contribution in [0.1, 0.15) is 64.0 Å². The van der Waals surface area contributed by atoms with E-state index in [0.717, 1.165) is 28.3 Å². The molecule has 2 aliphatic carbocycles. The second kappa shape index (κ2) is 18.5. The number of urea groups is 1. The van der Waals surface area contributed by atoms with Gasteiger partial charge in [0.2, 0.25) is 17.6 Å². The van der Waals surface area contributed by atoms with Gasteiger partial charge in [-0.05, 0) is 78.5 Å². The zero-order chi connectivity index (χ0) is 41.5. The fourth-order valence-electron chi connectivity index (χ4n) is 8.31. The zero-order valence-electron chi connectivity index (χ0n) is 33.2. The van der Waals surface area contributed by atoms with E-state index in [2.05, 4.69) is 38.8 Å². The molecule has 3 aliphatic rings. The normalized spacial score (nSPS) is 20.7. The molecule has 4 N–H and O–H groups in total. The first-order valence-electron chi connectivity index (χ1n) is 19.5. The molecule has 0 bridgehead atoms. The number of rotatable bonds is 16. The van der Waals surface area contributed by atoms with E-state index >= 15 is 0 Å². The van der Waals surface area contributed by atoms with E-state index in [1.807, 2.05) is 45.0 Å². The Kier molecular flexibility index (Phi) is 13.9. The molecular formula is C42H55N7O7S. The van der Waals surface area contributed by atoms with Crippen LogP contribution in [0.25, 0.3) is 0 Å². The molecule has 5 rings (SSSR count). The summed E-state index contributed by atoms with van der Waals surface area (Å²) < 4.78 is 27.9. The average Bonchev–Trinajstić information content (AvgIpc) is 3.92. The molecule has 2 fully saturated rings. The highest BCUT2D eigenvalue weighted by Gasteiger charge is 2.52. The Bertz CT molecular complexity index is 1950. The van der Waals surface area contributed by atoms with Crippen LogP contribution in [-0.4, -0.2) is 103 Å². The maximum atomic E-state index is 15.0. The Morgan fingerprint density at radius 3 is 2.33 bits per heavy atom. The van der Waals surface area contributed by atoms with Crippen LogP contribution in [0.3, 0.4) is 0 Å². The minimum atomic E-state index is -3.98. The first kappa shape index (κ1) is 43.1. The van der Waals surface area contributed by atoms with E-state index < -0.39 is 69.1 Å². The summed E-state index contributed by atoms with van der Waals surface area (Å²) in [7, 11) is -2.55.